The van der Waals surface area contributed by atoms with E-state index in [0.29, 0.717) is 17.8 Å². The molecule has 2 aromatic heterocycles. The van der Waals surface area contributed by atoms with Gasteiger partial charge in [-0.1, -0.05) is 18.2 Å². The summed E-state index contributed by atoms with van der Waals surface area (Å²) >= 11 is 0. The summed E-state index contributed by atoms with van der Waals surface area (Å²) in [6.07, 6.45) is 10.2. The summed E-state index contributed by atoms with van der Waals surface area (Å²) in [5, 5.41) is 5.97. The van der Waals surface area contributed by atoms with Crippen LogP contribution in [0.4, 0.5) is 10.6 Å². The van der Waals surface area contributed by atoms with Crippen LogP contribution in [-0.4, -0.2) is 73.5 Å². The second-order valence-electron chi connectivity index (χ2n) is 15.9. The zero-order valence-electron chi connectivity index (χ0n) is 29.0. The number of ether oxygens (including phenoxy) is 2. The van der Waals surface area contributed by atoms with E-state index in [1.165, 1.54) is 32.1 Å². The number of para-hydroxylation sites is 1. The maximum absolute atomic E-state index is 12.3. The highest BCUT2D eigenvalue weighted by Crippen LogP contribution is 2.51. The van der Waals surface area contributed by atoms with Crippen molar-refractivity contribution in [1.29, 1.82) is 0 Å². The van der Waals surface area contributed by atoms with Gasteiger partial charge in [0.2, 0.25) is 0 Å². The molecule has 10 heteroatoms. The van der Waals surface area contributed by atoms with Crippen molar-refractivity contribution in [1.82, 2.24) is 29.5 Å². The maximum atomic E-state index is 12.3. The van der Waals surface area contributed by atoms with Crippen LogP contribution in [0, 0.1) is 23.7 Å². The number of hydrogen-bond donors (Lipinski definition) is 1. The number of nitrogens with two attached hydrogens (primary N) is 1. The second-order valence-corrected chi connectivity index (χ2v) is 15.9. The van der Waals surface area contributed by atoms with Crippen LogP contribution in [0.1, 0.15) is 71.8 Å². The lowest BCUT2D eigenvalue weighted by Gasteiger charge is -2.41. The molecule has 2 aliphatic heterocycles. The molecule has 2 unspecified atom stereocenters. The standard InChI is InChI=1S/C39H49N7O3/c1-39(2,3)49-38(47)45-22-26(23-45)17-25-18-28-20-31(21-29(28)19-25)44-15-13-30(14-16-44)46-37-34(36(40)41-24-42-37)35(43-46)27-9-11-33(12-10-27)48-32-7-5-4-6-8-32/h4-12,24-26,28-31H,13-23H2,1-3H3,(H2,40,41,42)/t25?,28-,29+,31?. The van der Waals surface area contributed by atoms with Gasteiger partial charge in [0.1, 0.15) is 34.9 Å². The lowest BCUT2D eigenvalue weighted by Crippen LogP contribution is -2.52. The van der Waals surface area contributed by atoms with Crippen molar-refractivity contribution in [2.75, 3.05) is 31.9 Å². The first-order valence-corrected chi connectivity index (χ1v) is 18.2. The number of hydrogen-bond acceptors (Lipinski definition) is 8. The number of carbonyl (C=O) groups excluding carboxylic acids is 1. The molecular weight excluding hydrogens is 614 g/mol. The zero-order valence-corrected chi connectivity index (χ0v) is 29.0. The summed E-state index contributed by atoms with van der Waals surface area (Å²) in [6, 6.07) is 18.8. The maximum Gasteiger partial charge on any atom is 0.410 e. The minimum absolute atomic E-state index is 0.155. The van der Waals surface area contributed by atoms with E-state index in [-0.39, 0.29) is 12.1 Å². The third kappa shape index (κ3) is 6.72. The van der Waals surface area contributed by atoms with Gasteiger partial charge < -0.3 is 25.0 Å². The highest BCUT2D eigenvalue weighted by atomic mass is 16.6. The summed E-state index contributed by atoms with van der Waals surface area (Å²) < 4.78 is 13.7. The molecule has 2 saturated carbocycles. The number of nitrogen functional groups attached to an aromatic ring is 1. The molecule has 2 aliphatic carbocycles. The third-order valence-corrected chi connectivity index (χ3v) is 11.4. The average Bonchev–Trinajstić information content (AvgIpc) is 3.75. The normalized spacial score (nSPS) is 25.0. The van der Waals surface area contributed by atoms with Crippen molar-refractivity contribution in [3.8, 4) is 22.8 Å². The number of carbonyl (C=O) groups is 1. The number of benzene rings is 2. The van der Waals surface area contributed by atoms with Crippen molar-refractivity contribution in [3.63, 3.8) is 0 Å². The van der Waals surface area contributed by atoms with E-state index >= 15 is 0 Å². The second kappa shape index (κ2) is 12.9. The molecule has 2 saturated heterocycles. The van der Waals surface area contributed by atoms with E-state index in [1.807, 2.05) is 80.3 Å². The Morgan fingerprint density at radius 1 is 0.857 bits per heavy atom. The molecule has 8 rings (SSSR count). The molecule has 4 aliphatic rings. The first kappa shape index (κ1) is 32.0. The molecule has 4 fully saturated rings. The average molecular weight is 664 g/mol. The third-order valence-electron chi connectivity index (χ3n) is 11.4. The summed E-state index contributed by atoms with van der Waals surface area (Å²) in [5.74, 6) is 5.20. The molecule has 10 nitrogen and oxygen atoms in total. The molecule has 1 amide bonds. The SMILES string of the molecule is CC(C)(C)OC(=O)N1CC(CC2C[C@@H]3CC(N4CCC(n5nc(-c6ccc(Oc7ccccc7)cc6)c6c(N)ncnc65)CC4)C[C@@H]3C2)C1. The number of rotatable bonds is 7. The summed E-state index contributed by atoms with van der Waals surface area (Å²) in [6.45, 7) is 9.69. The van der Waals surface area contributed by atoms with Crippen LogP contribution in [0.15, 0.2) is 60.9 Å². The van der Waals surface area contributed by atoms with E-state index in [9.17, 15) is 4.79 Å². The Labute approximate surface area is 289 Å². The zero-order chi connectivity index (χ0) is 33.7. The van der Waals surface area contributed by atoms with Gasteiger partial charge in [0.05, 0.1) is 11.4 Å². The van der Waals surface area contributed by atoms with Crippen molar-refractivity contribution in [2.24, 2.45) is 23.7 Å². The molecule has 4 atom stereocenters. The Balaban J connectivity index is 0.857. The predicted molar refractivity (Wildman–Crippen MR) is 190 cm³/mol. The van der Waals surface area contributed by atoms with Crippen LogP contribution in [0.25, 0.3) is 22.3 Å². The van der Waals surface area contributed by atoms with Gasteiger partial charge in [0, 0.05) is 37.8 Å². The minimum atomic E-state index is -0.426. The highest BCUT2D eigenvalue weighted by molar-refractivity contribution is 5.98. The highest BCUT2D eigenvalue weighted by Gasteiger charge is 2.45. The number of likely N-dealkylation sites (tertiary alicyclic amines) is 2. The quantitative estimate of drug-likeness (QED) is 0.216. The number of aromatic nitrogens is 4. The van der Waals surface area contributed by atoms with Gasteiger partial charge in [0.15, 0.2) is 5.65 Å². The van der Waals surface area contributed by atoms with Gasteiger partial charge in [-0.15, -0.1) is 0 Å². The number of piperidine rings is 1. The van der Waals surface area contributed by atoms with E-state index in [4.69, 9.17) is 20.3 Å². The van der Waals surface area contributed by atoms with E-state index in [1.54, 1.807) is 6.33 Å². The number of nitrogens with zero attached hydrogens (tertiary/aromatic N) is 6. The first-order chi connectivity index (χ1) is 23.7. The summed E-state index contributed by atoms with van der Waals surface area (Å²) in [7, 11) is 0. The van der Waals surface area contributed by atoms with Crippen LogP contribution in [-0.2, 0) is 4.74 Å². The number of anilines is 1. The van der Waals surface area contributed by atoms with E-state index in [2.05, 4.69) is 19.5 Å². The largest absolute Gasteiger partial charge is 0.457 e. The van der Waals surface area contributed by atoms with Crippen LogP contribution in [0.2, 0.25) is 0 Å². The summed E-state index contributed by atoms with van der Waals surface area (Å²) in [5.41, 5.74) is 8.62. The van der Waals surface area contributed by atoms with Gasteiger partial charge in [-0.3, -0.25) is 0 Å². The monoisotopic (exact) mass is 663 g/mol. The number of fused-ring (bicyclic) bond motifs is 2. The van der Waals surface area contributed by atoms with Gasteiger partial charge in [-0.05, 0) is 126 Å². The Kier molecular flexibility index (Phi) is 8.46. The Morgan fingerprint density at radius 3 is 2.20 bits per heavy atom. The van der Waals surface area contributed by atoms with Crippen molar-refractivity contribution < 1.29 is 14.3 Å². The van der Waals surface area contributed by atoms with Crippen molar-refractivity contribution >= 4 is 22.9 Å². The molecule has 49 heavy (non-hydrogen) atoms. The predicted octanol–water partition coefficient (Wildman–Crippen LogP) is 7.57. The molecule has 4 heterocycles. The van der Waals surface area contributed by atoms with E-state index in [0.717, 1.165) is 90.6 Å². The minimum Gasteiger partial charge on any atom is -0.457 e. The molecular formula is C39H49N7O3. The Hall–Kier alpha value is -4.18. The molecule has 2 N–H and O–H groups in total. The Morgan fingerprint density at radius 2 is 1.53 bits per heavy atom. The lowest BCUT2D eigenvalue weighted by atomic mass is 9.86. The van der Waals surface area contributed by atoms with Crippen LogP contribution < -0.4 is 10.5 Å². The van der Waals surface area contributed by atoms with Crippen molar-refractivity contribution in [2.45, 2.75) is 83.4 Å². The first-order valence-electron chi connectivity index (χ1n) is 18.2. The fourth-order valence-electron chi connectivity index (χ4n) is 9.12. The molecule has 258 valence electrons. The fraction of sp³-hybridized carbons (Fsp3) is 0.538. The Bertz CT molecular complexity index is 1760. The van der Waals surface area contributed by atoms with E-state index < -0.39 is 5.60 Å². The van der Waals surface area contributed by atoms with Gasteiger partial charge >= 0.3 is 6.09 Å². The molecule has 0 spiro atoms. The van der Waals surface area contributed by atoms with Gasteiger partial charge in [0.25, 0.3) is 0 Å². The topological polar surface area (TPSA) is 112 Å². The van der Waals surface area contributed by atoms with Gasteiger partial charge in [-0.25, -0.2) is 19.4 Å². The van der Waals surface area contributed by atoms with Crippen LogP contribution >= 0.6 is 0 Å². The molecule has 2 aromatic carbocycles. The number of amides is 1. The van der Waals surface area contributed by atoms with Crippen LogP contribution in [0.3, 0.4) is 0 Å². The summed E-state index contributed by atoms with van der Waals surface area (Å²) in [4.78, 5) is 26.0. The molecule has 4 aromatic rings. The fourth-order valence-corrected chi connectivity index (χ4v) is 9.12. The molecule has 0 radical (unpaired) electrons. The van der Waals surface area contributed by atoms with Crippen LogP contribution in [0.5, 0.6) is 11.5 Å². The lowest BCUT2D eigenvalue weighted by molar-refractivity contribution is -0.00460. The van der Waals surface area contributed by atoms with Gasteiger partial charge in [-0.2, -0.15) is 5.10 Å². The van der Waals surface area contributed by atoms with Crippen molar-refractivity contribution in [3.05, 3.63) is 60.9 Å². The smallest absolute Gasteiger partial charge is 0.410 e. The molecule has 0 bridgehead atoms.